The van der Waals surface area contributed by atoms with Crippen LogP contribution in [0, 0.1) is 0 Å². The second kappa shape index (κ2) is 8.61. The number of hydrogen-bond acceptors (Lipinski definition) is 4. The molecule has 0 aliphatic carbocycles. The predicted octanol–water partition coefficient (Wildman–Crippen LogP) is 3.44. The van der Waals surface area contributed by atoms with Gasteiger partial charge in [-0.05, 0) is 39.9 Å². The number of urea groups is 1. The Balaban J connectivity index is 1.84. The minimum atomic E-state index is -3.62. The average molecular weight is 447 g/mol. The first-order valence-corrected chi connectivity index (χ1v) is 12.2. The lowest BCUT2D eigenvalue weighted by Crippen LogP contribution is -2.63. The molecule has 2 amide bonds. The van der Waals surface area contributed by atoms with Gasteiger partial charge in [0.2, 0.25) is 0 Å². The highest BCUT2D eigenvalue weighted by Gasteiger charge is 2.51. The number of hydrogen-bond donors (Lipinski definition) is 1. The van der Waals surface area contributed by atoms with Crippen LogP contribution in [0.1, 0.15) is 31.9 Å². The third kappa shape index (κ3) is 5.26. The van der Waals surface area contributed by atoms with E-state index in [2.05, 4.69) is 25.6 Å². The number of benzene rings is 2. The van der Waals surface area contributed by atoms with Crippen molar-refractivity contribution in [3.8, 4) is 5.75 Å². The lowest BCUT2D eigenvalue weighted by Gasteiger charge is -2.29. The second-order valence-electron chi connectivity index (χ2n) is 9.06. The van der Waals surface area contributed by atoms with E-state index in [-0.39, 0.29) is 11.4 Å². The summed E-state index contributed by atoms with van der Waals surface area (Å²) in [6, 6.07) is 15.1. The Morgan fingerprint density at radius 2 is 1.68 bits per heavy atom. The molecule has 3 rings (SSSR count). The van der Waals surface area contributed by atoms with E-state index in [1.807, 2.05) is 48.5 Å². The van der Waals surface area contributed by atoms with E-state index in [9.17, 15) is 13.2 Å². The topological polar surface area (TPSA) is 75.7 Å². The van der Waals surface area contributed by atoms with Crippen LogP contribution in [0.2, 0.25) is 0 Å². The van der Waals surface area contributed by atoms with Gasteiger partial charge in [-0.25, -0.2) is 13.2 Å². The van der Waals surface area contributed by atoms with E-state index < -0.39 is 14.6 Å². The number of ether oxygens (including phenoxy) is 1. The van der Waals surface area contributed by atoms with Crippen molar-refractivity contribution in [3.63, 3.8) is 0 Å². The fourth-order valence-corrected chi connectivity index (χ4v) is 4.68. The number of rotatable bonds is 7. The maximum absolute atomic E-state index is 13.5. The van der Waals surface area contributed by atoms with Crippen LogP contribution in [0.4, 0.5) is 10.5 Å². The summed E-state index contributed by atoms with van der Waals surface area (Å²) in [5.41, 5.74) is 2.80. The van der Waals surface area contributed by atoms with E-state index >= 15 is 0 Å². The van der Waals surface area contributed by atoms with Crippen molar-refractivity contribution in [1.82, 2.24) is 14.3 Å². The van der Waals surface area contributed by atoms with Gasteiger partial charge < -0.3 is 4.74 Å². The molecule has 1 unspecified atom stereocenters. The Labute approximate surface area is 185 Å². The highest BCUT2D eigenvalue weighted by atomic mass is 32.2. The van der Waals surface area contributed by atoms with E-state index in [4.69, 9.17) is 4.74 Å². The lowest BCUT2D eigenvalue weighted by atomic mass is 9.87. The number of nitrogens with one attached hydrogen (secondary N) is 1. The molecule has 0 saturated carbocycles. The molecule has 31 heavy (non-hydrogen) atoms. The van der Waals surface area contributed by atoms with E-state index in [0.29, 0.717) is 31.7 Å². The zero-order valence-corrected chi connectivity index (χ0v) is 19.7. The molecular formula is C23H32N3O4S+. The number of amides is 2. The van der Waals surface area contributed by atoms with Crippen molar-refractivity contribution in [2.24, 2.45) is 0 Å². The maximum atomic E-state index is 13.5. The molecule has 1 saturated heterocycles. The van der Waals surface area contributed by atoms with Gasteiger partial charge in [0, 0.05) is 18.7 Å². The molecule has 2 aromatic rings. The van der Waals surface area contributed by atoms with Crippen LogP contribution >= 0.6 is 0 Å². The summed E-state index contributed by atoms with van der Waals surface area (Å²) in [7, 11) is -2.00. The number of carbonyl (C=O) groups excluding carboxylic acids is 1. The SMILES string of the molecule is COc1ccc(CCN2CC[N+](NS(C)(=O)=O)(c3ccc(C(C)(C)C)cc3)C2=O)cc1. The minimum absolute atomic E-state index is 0.0347. The highest BCUT2D eigenvalue weighted by Crippen LogP contribution is 2.31. The maximum Gasteiger partial charge on any atom is 0.444 e. The molecule has 1 atom stereocenters. The van der Waals surface area contributed by atoms with Crippen LogP contribution in [-0.4, -0.2) is 52.3 Å². The van der Waals surface area contributed by atoms with Crippen LogP contribution in [0.5, 0.6) is 5.75 Å². The summed E-state index contributed by atoms with van der Waals surface area (Å²) in [4.78, 5) is 17.8. The predicted molar refractivity (Wildman–Crippen MR) is 123 cm³/mol. The average Bonchev–Trinajstić information content (AvgIpc) is 3.01. The Kier molecular flexibility index (Phi) is 6.45. The summed E-state index contributed by atoms with van der Waals surface area (Å²) in [5, 5.41) is 0. The van der Waals surface area contributed by atoms with Crippen LogP contribution in [0.15, 0.2) is 48.5 Å². The smallest absolute Gasteiger partial charge is 0.444 e. The minimum Gasteiger partial charge on any atom is -0.497 e. The van der Waals surface area contributed by atoms with Gasteiger partial charge in [0.05, 0.1) is 19.9 Å². The van der Waals surface area contributed by atoms with Crippen molar-refractivity contribution >= 4 is 21.7 Å². The lowest BCUT2D eigenvalue weighted by molar-refractivity contribution is 0.187. The van der Waals surface area contributed by atoms with E-state index in [0.717, 1.165) is 23.1 Å². The number of methoxy groups -OCH3 is 1. The number of nitrogens with zero attached hydrogens (tertiary/aromatic N) is 2. The molecule has 1 aliphatic rings. The molecule has 0 spiro atoms. The summed E-state index contributed by atoms with van der Waals surface area (Å²) < 4.78 is 29.1. The monoisotopic (exact) mass is 446 g/mol. The summed E-state index contributed by atoms with van der Waals surface area (Å²) in [6.45, 7) is 7.66. The standard InChI is InChI=1S/C23H32N3O4S/c1-23(2,3)19-8-10-20(11-9-19)26(24-31(5,28)29)17-16-25(22(26)27)15-14-18-6-12-21(30-4)13-7-18/h6-13,24H,14-17H2,1-5H3/q+1. The fourth-order valence-electron chi connectivity index (χ4n) is 3.84. The van der Waals surface area contributed by atoms with Crippen molar-refractivity contribution in [2.75, 3.05) is 33.0 Å². The molecule has 1 aliphatic heterocycles. The first-order valence-electron chi connectivity index (χ1n) is 10.4. The van der Waals surface area contributed by atoms with Gasteiger partial charge in [0.1, 0.15) is 12.3 Å². The first-order chi connectivity index (χ1) is 14.4. The van der Waals surface area contributed by atoms with E-state index in [1.54, 1.807) is 12.0 Å². The second-order valence-corrected chi connectivity index (χ2v) is 10.8. The molecule has 1 heterocycles. The van der Waals surface area contributed by atoms with Gasteiger partial charge in [0.15, 0.2) is 5.69 Å². The highest BCUT2D eigenvalue weighted by molar-refractivity contribution is 7.88. The Morgan fingerprint density at radius 3 is 2.19 bits per heavy atom. The summed E-state index contributed by atoms with van der Waals surface area (Å²) >= 11 is 0. The van der Waals surface area contributed by atoms with Crippen LogP contribution in [0.3, 0.4) is 0 Å². The Morgan fingerprint density at radius 1 is 1.06 bits per heavy atom. The van der Waals surface area contributed by atoms with Crippen LogP contribution < -0.4 is 14.2 Å². The van der Waals surface area contributed by atoms with Crippen LogP contribution in [0.25, 0.3) is 0 Å². The van der Waals surface area contributed by atoms with Gasteiger partial charge in [-0.2, -0.15) is 0 Å². The van der Waals surface area contributed by atoms with E-state index in [1.165, 1.54) is 0 Å². The fraction of sp³-hybridized carbons (Fsp3) is 0.435. The normalized spacial score (nSPS) is 19.6. The van der Waals surface area contributed by atoms with Gasteiger partial charge in [0.25, 0.3) is 10.0 Å². The van der Waals surface area contributed by atoms with Gasteiger partial charge >= 0.3 is 6.03 Å². The molecule has 7 nitrogen and oxygen atoms in total. The van der Waals surface area contributed by atoms with Crippen molar-refractivity contribution < 1.29 is 17.9 Å². The van der Waals surface area contributed by atoms with Gasteiger partial charge in [-0.1, -0.05) is 45.0 Å². The van der Waals surface area contributed by atoms with Gasteiger partial charge in [-0.15, -0.1) is 4.59 Å². The molecule has 0 bridgehead atoms. The molecule has 0 aromatic heterocycles. The number of carbonyl (C=O) groups is 1. The van der Waals surface area contributed by atoms with Crippen LogP contribution in [-0.2, 0) is 21.9 Å². The van der Waals surface area contributed by atoms with Gasteiger partial charge in [-0.3, -0.25) is 4.90 Å². The third-order valence-corrected chi connectivity index (χ3v) is 6.27. The largest absolute Gasteiger partial charge is 0.497 e. The first kappa shape index (κ1) is 23.2. The Hall–Kier alpha value is -2.42. The zero-order valence-electron chi connectivity index (χ0n) is 18.9. The molecular weight excluding hydrogens is 414 g/mol. The summed E-state index contributed by atoms with van der Waals surface area (Å²) in [5.74, 6) is 0.785. The molecule has 168 valence electrons. The number of quaternary nitrogens is 1. The molecule has 1 fully saturated rings. The third-order valence-electron chi connectivity index (χ3n) is 5.63. The summed E-state index contributed by atoms with van der Waals surface area (Å²) in [6.07, 6.45) is 1.77. The molecule has 1 N–H and O–H groups in total. The molecule has 0 radical (unpaired) electrons. The zero-order chi connectivity index (χ0) is 22.9. The number of sulfonamides is 1. The quantitative estimate of drug-likeness (QED) is 0.661. The van der Waals surface area contributed by atoms with Crippen molar-refractivity contribution in [2.45, 2.75) is 32.6 Å². The molecule has 2 aromatic carbocycles. The molecule has 8 heteroatoms. The van der Waals surface area contributed by atoms with Crippen molar-refractivity contribution in [3.05, 3.63) is 59.7 Å². The van der Waals surface area contributed by atoms with Crippen molar-refractivity contribution in [1.29, 1.82) is 0 Å². The Bertz CT molecular complexity index is 1030.